The third kappa shape index (κ3) is 2.68. The zero-order chi connectivity index (χ0) is 11.4. The maximum Gasteiger partial charge on any atom is 0.297 e. The lowest BCUT2D eigenvalue weighted by Gasteiger charge is -2.30. The van der Waals surface area contributed by atoms with Gasteiger partial charge in [0.1, 0.15) is 6.26 Å². The van der Waals surface area contributed by atoms with Crippen LogP contribution in [0.2, 0.25) is 0 Å². The fourth-order valence-corrected chi connectivity index (χ4v) is 2.08. The molecule has 5 heteroatoms. The van der Waals surface area contributed by atoms with E-state index in [0.717, 1.165) is 38.2 Å². The zero-order valence-electron chi connectivity index (χ0n) is 9.49. The number of ether oxygens (including phenoxy) is 1. The first-order valence-electron chi connectivity index (χ1n) is 5.70. The highest BCUT2D eigenvalue weighted by Crippen LogP contribution is 2.21. The van der Waals surface area contributed by atoms with Crippen molar-refractivity contribution in [2.45, 2.75) is 31.7 Å². The lowest BCUT2D eigenvalue weighted by Crippen LogP contribution is -2.37. The van der Waals surface area contributed by atoms with Crippen LogP contribution in [0.3, 0.4) is 0 Å². The van der Waals surface area contributed by atoms with Crippen molar-refractivity contribution in [3.05, 3.63) is 12.0 Å². The van der Waals surface area contributed by atoms with Gasteiger partial charge in [-0.1, -0.05) is 0 Å². The van der Waals surface area contributed by atoms with Crippen LogP contribution >= 0.6 is 11.6 Å². The van der Waals surface area contributed by atoms with E-state index in [1.807, 2.05) is 6.92 Å². The summed E-state index contributed by atoms with van der Waals surface area (Å²) < 4.78 is 11.0. The van der Waals surface area contributed by atoms with Crippen molar-refractivity contribution >= 4 is 17.6 Å². The molecular weight excluding hydrogens is 228 g/mol. The molecule has 4 nitrogen and oxygen atoms in total. The number of hydrogen-bond acceptors (Lipinski definition) is 4. The van der Waals surface area contributed by atoms with Crippen LogP contribution < -0.4 is 4.90 Å². The summed E-state index contributed by atoms with van der Waals surface area (Å²) in [5.41, 5.74) is 0.795. The summed E-state index contributed by atoms with van der Waals surface area (Å²) in [7, 11) is 0. The van der Waals surface area contributed by atoms with E-state index in [-0.39, 0.29) is 0 Å². The second-order valence-electron chi connectivity index (χ2n) is 3.90. The molecule has 0 atom stereocenters. The minimum absolute atomic E-state index is 0.392. The van der Waals surface area contributed by atoms with Gasteiger partial charge >= 0.3 is 0 Å². The summed E-state index contributed by atoms with van der Waals surface area (Å²) in [6, 6.07) is 0.686. The van der Waals surface area contributed by atoms with Crippen molar-refractivity contribution < 1.29 is 9.15 Å². The van der Waals surface area contributed by atoms with Crippen LogP contribution in [0.5, 0.6) is 0 Å². The smallest absolute Gasteiger partial charge is 0.297 e. The summed E-state index contributed by atoms with van der Waals surface area (Å²) in [5.74, 6) is 0.402. The van der Waals surface area contributed by atoms with Crippen molar-refractivity contribution in [2.75, 3.05) is 24.6 Å². The molecule has 0 aromatic carbocycles. The van der Waals surface area contributed by atoms with Crippen LogP contribution in [0.4, 0.5) is 6.01 Å². The number of nitrogens with zero attached hydrogens (tertiary/aromatic N) is 2. The van der Waals surface area contributed by atoms with Crippen LogP contribution in [-0.2, 0) is 10.6 Å². The molecule has 0 unspecified atom stereocenters. The first-order valence-corrected chi connectivity index (χ1v) is 6.24. The maximum atomic E-state index is 5.68. The van der Waals surface area contributed by atoms with E-state index in [2.05, 4.69) is 9.88 Å². The first-order chi connectivity index (χ1) is 7.83. The van der Waals surface area contributed by atoms with E-state index >= 15 is 0 Å². The van der Waals surface area contributed by atoms with E-state index in [0.29, 0.717) is 18.0 Å². The SMILES string of the molecule is CCOC1CCN(c2nc(CCl)co2)CC1. The van der Waals surface area contributed by atoms with Gasteiger partial charge in [-0.3, -0.25) is 0 Å². The lowest BCUT2D eigenvalue weighted by molar-refractivity contribution is 0.0453. The van der Waals surface area contributed by atoms with E-state index in [1.165, 1.54) is 0 Å². The van der Waals surface area contributed by atoms with E-state index in [9.17, 15) is 0 Å². The molecule has 0 saturated carbocycles. The second kappa shape index (κ2) is 5.55. The molecule has 0 amide bonds. The van der Waals surface area contributed by atoms with Gasteiger partial charge in [0.15, 0.2) is 0 Å². The topological polar surface area (TPSA) is 38.5 Å². The Kier molecular flexibility index (Phi) is 4.07. The minimum atomic E-state index is 0.392. The van der Waals surface area contributed by atoms with Gasteiger partial charge in [0.2, 0.25) is 0 Å². The van der Waals surface area contributed by atoms with Crippen molar-refractivity contribution in [3.8, 4) is 0 Å². The summed E-state index contributed by atoms with van der Waals surface area (Å²) >= 11 is 5.68. The van der Waals surface area contributed by atoms with Gasteiger partial charge in [-0.25, -0.2) is 0 Å². The molecule has 1 aromatic rings. The third-order valence-electron chi connectivity index (χ3n) is 2.79. The summed E-state index contributed by atoms with van der Waals surface area (Å²) in [6.07, 6.45) is 4.08. The Labute approximate surface area is 101 Å². The molecule has 1 saturated heterocycles. The van der Waals surface area contributed by atoms with Gasteiger partial charge in [-0.2, -0.15) is 4.98 Å². The number of aromatic nitrogens is 1. The molecule has 1 aliphatic heterocycles. The van der Waals surface area contributed by atoms with Crippen molar-refractivity contribution in [3.63, 3.8) is 0 Å². The zero-order valence-corrected chi connectivity index (χ0v) is 10.2. The number of piperidine rings is 1. The predicted octanol–water partition coefficient (Wildman–Crippen LogP) is 2.42. The maximum absolute atomic E-state index is 5.68. The Morgan fingerprint density at radius 2 is 2.31 bits per heavy atom. The largest absolute Gasteiger partial charge is 0.432 e. The average molecular weight is 245 g/mol. The van der Waals surface area contributed by atoms with E-state index < -0.39 is 0 Å². The Hall–Kier alpha value is -0.740. The van der Waals surface area contributed by atoms with Gasteiger partial charge in [0.25, 0.3) is 6.01 Å². The number of rotatable bonds is 4. The molecule has 0 aliphatic carbocycles. The fraction of sp³-hybridized carbons (Fsp3) is 0.727. The van der Waals surface area contributed by atoms with Crippen LogP contribution in [0.1, 0.15) is 25.5 Å². The van der Waals surface area contributed by atoms with Crippen LogP contribution in [0.25, 0.3) is 0 Å². The van der Waals surface area contributed by atoms with Gasteiger partial charge in [0.05, 0.1) is 17.7 Å². The molecule has 90 valence electrons. The van der Waals surface area contributed by atoms with Gasteiger partial charge in [0, 0.05) is 19.7 Å². The van der Waals surface area contributed by atoms with E-state index in [4.69, 9.17) is 20.8 Å². The summed E-state index contributed by atoms with van der Waals surface area (Å²) in [5, 5.41) is 0. The Morgan fingerprint density at radius 3 is 2.88 bits per heavy atom. The molecule has 0 N–H and O–H groups in total. The highest BCUT2D eigenvalue weighted by molar-refractivity contribution is 6.16. The molecule has 0 bridgehead atoms. The number of hydrogen-bond donors (Lipinski definition) is 0. The van der Waals surface area contributed by atoms with Crippen molar-refractivity contribution in [2.24, 2.45) is 0 Å². The Balaban J connectivity index is 1.88. The highest BCUT2D eigenvalue weighted by atomic mass is 35.5. The van der Waals surface area contributed by atoms with Gasteiger partial charge < -0.3 is 14.1 Å². The van der Waals surface area contributed by atoms with Crippen molar-refractivity contribution in [1.29, 1.82) is 0 Å². The molecule has 1 aliphatic rings. The number of alkyl halides is 1. The van der Waals surface area contributed by atoms with Gasteiger partial charge in [-0.05, 0) is 19.8 Å². The first kappa shape index (κ1) is 11.7. The van der Waals surface area contributed by atoms with E-state index in [1.54, 1.807) is 6.26 Å². The third-order valence-corrected chi connectivity index (χ3v) is 3.07. The standard InChI is InChI=1S/C11H17ClN2O2/c1-2-15-10-3-5-14(6-4-10)11-13-9(7-12)8-16-11/h8,10H,2-7H2,1H3. The number of anilines is 1. The number of halogens is 1. The Bertz CT molecular complexity index is 322. The Morgan fingerprint density at radius 1 is 1.56 bits per heavy atom. The normalized spacial score (nSPS) is 18.0. The molecule has 0 radical (unpaired) electrons. The number of oxazole rings is 1. The predicted molar refractivity (Wildman–Crippen MR) is 62.9 cm³/mol. The fourth-order valence-electron chi connectivity index (χ4n) is 1.95. The lowest BCUT2D eigenvalue weighted by atomic mass is 10.1. The molecular formula is C11H17ClN2O2. The van der Waals surface area contributed by atoms with Crippen molar-refractivity contribution in [1.82, 2.24) is 4.98 Å². The molecule has 1 fully saturated rings. The van der Waals surface area contributed by atoms with Crippen LogP contribution in [0.15, 0.2) is 10.7 Å². The quantitative estimate of drug-likeness (QED) is 0.763. The summed E-state index contributed by atoms with van der Waals surface area (Å²) in [6.45, 7) is 4.70. The monoisotopic (exact) mass is 244 g/mol. The molecule has 16 heavy (non-hydrogen) atoms. The minimum Gasteiger partial charge on any atom is -0.432 e. The van der Waals surface area contributed by atoms with Crippen LogP contribution in [-0.4, -0.2) is 30.8 Å². The molecule has 2 rings (SSSR count). The molecule has 2 heterocycles. The molecule has 0 spiro atoms. The highest BCUT2D eigenvalue weighted by Gasteiger charge is 2.22. The average Bonchev–Trinajstić information content (AvgIpc) is 2.79. The molecule has 1 aromatic heterocycles. The second-order valence-corrected chi connectivity index (χ2v) is 4.16. The van der Waals surface area contributed by atoms with Gasteiger partial charge in [-0.15, -0.1) is 11.6 Å². The van der Waals surface area contributed by atoms with Crippen LogP contribution in [0, 0.1) is 0 Å². The summed E-state index contributed by atoms with van der Waals surface area (Å²) in [4.78, 5) is 6.45.